The summed E-state index contributed by atoms with van der Waals surface area (Å²) in [4.78, 5) is 37.3. The SMILES string of the molecule is C[C@]12C=CC(=O)C=C1C(F)=C[C@@H]1[C@@H]2C(=O)C[C@@]2(C)[C@H]1CC[C@]2(O)C(=O)CO. The van der Waals surface area contributed by atoms with Crippen LogP contribution < -0.4 is 0 Å². The number of carbonyl (C=O) groups is 3. The molecule has 0 radical (unpaired) electrons. The van der Waals surface area contributed by atoms with Gasteiger partial charge in [-0.15, -0.1) is 0 Å². The van der Waals surface area contributed by atoms with E-state index < -0.39 is 46.5 Å². The lowest BCUT2D eigenvalue weighted by molar-refractivity contribution is -0.165. The van der Waals surface area contributed by atoms with E-state index in [9.17, 15) is 29.0 Å². The van der Waals surface area contributed by atoms with E-state index in [1.54, 1.807) is 19.9 Å². The average molecular weight is 374 g/mol. The van der Waals surface area contributed by atoms with Crippen LogP contribution >= 0.6 is 0 Å². The Morgan fingerprint density at radius 1 is 1.33 bits per heavy atom. The fourth-order valence-corrected chi connectivity index (χ4v) is 6.17. The third-order valence-electron chi connectivity index (χ3n) is 7.63. The highest BCUT2D eigenvalue weighted by molar-refractivity contribution is 6.02. The van der Waals surface area contributed by atoms with Gasteiger partial charge >= 0.3 is 0 Å². The highest BCUT2D eigenvalue weighted by Crippen LogP contribution is 2.65. The lowest BCUT2D eigenvalue weighted by atomic mass is 9.48. The van der Waals surface area contributed by atoms with Crippen LogP contribution in [0.5, 0.6) is 0 Å². The molecule has 2 N–H and O–H groups in total. The Balaban J connectivity index is 1.85. The largest absolute Gasteiger partial charge is 0.388 e. The summed E-state index contributed by atoms with van der Waals surface area (Å²) in [6, 6.07) is 0. The monoisotopic (exact) mass is 374 g/mol. The van der Waals surface area contributed by atoms with Gasteiger partial charge in [0.15, 0.2) is 11.6 Å². The highest BCUT2D eigenvalue weighted by Gasteiger charge is 2.68. The van der Waals surface area contributed by atoms with E-state index in [2.05, 4.69) is 0 Å². The zero-order chi connectivity index (χ0) is 19.8. The minimum Gasteiger partial charge on any atom is -0.388 e. The molecule has 0 amide bonds. The summed E-state index contributed by atoms with van der Waals surface area (Å²) in [5.41, 5.74) is -3.52. The first-order valence-electron chi connectivity index (χ1n) is 9.31. The zero-order valence-corrected chi connectivity index (χ0v) is 15.4. The number of aliphatic hydroxyl groups excluding tert-OH is 1. The van der Waals surface area contributed by atoms with Crippen LogP contribution in [0.4, 0.5) is 4.39 Å². The van der Waals surface area contributed by atoms with Crippen LogP contribution in [-0.4, -0.2) is 39.8 Å². The quantitative estimate of drug-likeness (QED) is 0.770. The first-order chi connectivity index (χ1) is 12.6. The third-order valence-corrected chi connectivity index (χ3v) is 7.63. The standard InChI is InChI=1S/C21H23FO5/c1-19-5-3-11(24)7-14(19)15(22)8-12-13-4-6-21(27,17(26)10-23)20(13,2)9-16(25)18(12)19/h3,5,7-8,12-13,18,23,27H,4,6,9-10H2,1-2H3/t12-,13-,18+,19-,20-,21-/m0/s1. The van der Waals surface area contributed by atoms with Gasteiger partial charge in [0.2, 0.25) is 0 Å². The topological polar surface area (TPSA) is 91.7 Å². The highest BCUT2D eigenvalue weighted by atomic mass is 19.1. The fourth-order valence-electron chi connectivity index (χ4n) is 6.17. The summed E-state index contributed by atoms with van der Waals surface area (Å²) in [6.07, 6.45) is 6.25. The minimum absolute atomic E-state index is 0.0127. The summed E-state index contributed by atoms with van der Waals surface area (Å²) >= 11 is 0. The molecule has 0 heterocycles. The fraction of sp³-hybridized carbons (Fsp3) is 0.571. The first-order valence-corrected chi connectivity index (χ1v) is 9.31. The Bertz CT molecular complexity index is 855. The molecule has 4 rings (SSSR count). The van der Waals surface area contributed by atoms with Gasteiger partial charge < -0.3 is 10.2 Å². The maximum absolute atomic E-state index is 15.0. The number of hydrogen-bond donors (Lipinski definition) is 2. The van der Waals surface area contributed by atoms with Crippen molar-refractivity contribution in [3.8, 4) is 0 Å². The average Bonchev–Trinajstić information content (AvgIpc) is 2.87. The number of fused-ring (bicyclic) bond motifs is 5. The van der Waals surface area contributed by atoms with Crippen molar-refractivity contribution in [1.82, 2.24) is 0 Å². The van der Waals surface area contributed by atoms with Gasteiger partial charge in [-0.3, -0.25) is 14.4 Å². The molecule has 0 spiro atoms. The third kappa shape index (κ3) is 2.14. The predicted octanol–water partition coefficient (Wildman–Crippen LogP) is 1.84. The van der Waals surface area contributed by atoms with Crippen molar-refractivity contribution in [2.45, 2.75) is 38.7 Å². The maximum atomic E-state index is 15.0. The minimum atomic E-state index is -1.78. The van der Waals surface area contributed by atoms with Gasteiger partial charge in [-0.05, 0) is 42.9 Å². The van der Waals surface area contributed by atoms with Crippen molar-refractivity contribution in [1.29, 1.82) is 0 Å². The van der Waals surface area contributed by atoms with Gasteiger partial charge in [0.05, 0.1) is 0 Å². The van der Waals surface area contributed by atoms with Crippen LogP contribution in [0.25, 0.3) is 0 Å². The molecular weight excluding hydrogens is 351 g/mol. The Labute approximate surface area is 156 Å². The lowest BCUT2D eigenvalue weighted by Gasteiger charge is -2.55. The van der Waals surface area contributed by atoms with Gasteiger partial charge in [0, 0.05) is 28.7 Å². The predicted molar refractivity (Wildman–Crippen MR) is 94.0 cm³/mol. The molecular formula is C21H23FO5. The van der Waals surface area contributed by atoms with Gasteiger partial charge in [-0.2, -0.15) is 0 Å². The normalized spacial score (nSPS) is 45.6. The molecule has 0 aromatic carbocycles. The van der Waals surface area contributed by atoms with Crippen molar-refractivity contribution in [3.05, 3.63) is 35.7 Å². The number of rotatable bonds is 2. The summed E-state index contributed by atoms with van der Waals surface area (Å²) in [7, 11) is 0. The molecule has 144 valence electrons. The Kier molecular flexibility index (Phi) is 3.79. The summed E-state index contributed by atoms with van der Waals surface area (Å²) in [5.74, 6) is -2.95. The molecule has 0 aromatic rings. The number of allylic oxidation sites excluding steroid dienone is 6. The van der Waals surface area contributed by atoms with E-state index in [-0.39, 0.29) is 35.9 Å². The Morgan fingerprint density at radius 2 is 2.04 bits per heavy atom. The molecule has 27 heavy (non-hydrogen) atoms. The molecule has 0 unspecified atom stereocenters. The van der Waals surface area contributed by atoms with E-state index in [4.69, 9.17) is 0 Å². The van der Waals surface area contributed by atoms with Crippen LogP contribution in [0.15, 0.2) is 35.7 Å². The van der Waals surface area contributed by atoms with Crippen molar-refractivity contribution < 1.29 is 29.0 Å². The molecule has 2 fully saturated rings. The summed E-state index contributed by atoms with van der Waals surface area (Å²) < 4.78 is 15.0. The van der Waals surface area contributed by atoms with Gasteiger partial charge in [0.1, 0.15) is 23.8 Å². The van der Waals surface area contributed by atoms with Crippen molar-refractivity contribution in [2.75, 3.05) is 6.61 Å². The first kappa shape index (κ1) is 18.4. The molecule has 0 aliphatic heterocycles. The second-order valence-electron chi connectivity index (χ2n) is 8.79. The molecule has 6 atom stereocenters. The van der Waals surface area contributed by atoms with Crippen LogP contribution in [-0.2, 0) is 14.4 Å². The lowest BCUT2D eigenvalue weighted by Crippen LogP contribution is -2.60. The van der Waals surface area contributed by atoms with Crippen LogP contribution in [0, 0.1) is 28.6 Å². The van der Waals surface area contributed by atoms with Gasteiger partial charge in [-0.25, -0.2) is 4.39 Å². The van der Waals surface area contributed by atoms with Crippen LogP contribution in [0.2, 0.25) is 0 Å². The van der Waals surface area contributed by atoms with Crippen LogP contribution in [0.1, 0.15) is 33.1 Å². The number of halogens is 1. The van der Waals surface area contributed by atoms with E-state index in [0.29, 0.717) is 6.42 Å². The van der Waals surface area contributed by atoms with Crippen molar-refractivity contribution >= 4 is 17.3 Å². The Morgan fingerprint density at radius 3 is 2.70 bits per heavy atom. The molecule has 2 saturated carbocycles. The molecule has 5 nitrogen and oxygen atoms in total. The summed E-state index contributed by atoms with van der Waals surface area (Å²) in [6.45, 7) is 2.68. The number of carbonyl (C=O) groups excluding carboxylic acids is 3. The second-order valence-corrected chi connectivity index (χ2v) is 8.79. The van der Waals surface area contributed by atoms with Crippen molar-refractivity contribution in [2.24, 2.45) is 28.6 Å². The Hall–Kier alpha value is -1.92. The summed E-state index contributed by atoms with van der Waals surface area (Å²) in [5, 5.41) is 20.4. The zero-order valence-electron chi connectivity index (χ0n) is 15.4. The molecule has 0 aromatic heterocycles. The van der Waals surface area contributed by atoms with E-state index in [0.717, 1.165) is 0 Å². The van der Waals surface area contributed by atoms with E-state index in [1.165, 1.54) is 18.2 Å². The number of hydrogen-bond acceptors (Lipinski definition) is 5. The van der Waals surface area contributed by atoms with Crippen molar-refractivity contribution in [3.63, 3.8) is 0 Å². The number of ketones is 3. The number of aliphatic hydroxyl groups is 2. The molecule has 0 bridgehead atoms. The second kappa shape index (κ2) is 5.55. The molecule has 4 aliphatic rings. The van der Waals surface area contributed by atoms with Gasteiger partial charge in [0.25, 0.3) is 0 Å². The molecule has 4 aliphatic carbocycles. The molecule has 6 heteroatoms. The van der Waals surface area contributed by atoms with E-state index in [1.807, 2.05) is 0 Å². The van der Waals surface area contributed by atoms with Crippen LogP contribution in [0.3, 0.4) is 0 Å². The van der Waals surface area contributed by atoms with Gasteiger partial charge in [-0.1, -0.05) is 19.9 Å². The van der Waals surface area contributed by atoms with E-state index >= 15 is 0 Å². The maximum Gasteiger partial charge on any atom is 0.190 e. The number of Topliss-reactive ketones (excluding diaryl/α,β-unsaturated/α-hetero) is 2. The molecule has 0 saturated heterocycles. The smallest absolute Gasteiger partial charge is 0.190 e.